The summed E-state index contributed by atoms with van der Waals surface area (Å²) in [5, 5.41) is 0. The van der Waals surface area contributed by atoms with Crippen LogP contribution in [0.15, 0.2) is 249 Å². The second kappa shape index (κ2) is 14.9. The number of rotatable bonds is 4. The third kappa shape index (κ3) is 5.30. The lowest BCUT2D eigenvalue weighted by molar-refractivity contribution is 0.436. The van der Waals surface area contributed by atoms with Gasteiger partial charge in [-0.1, -0.05) is 196 Å². The highest BCUT2D eigenvalue weighted by atomic mass is 16.5. The van der Waals surface area contributed by atoms with Gasteiger partial charge >= 0.3 is 0 Å². The fourth-order valence-corrected chi connectivity index (χ4v) is 14.1. The van der Waals surface area contributed by atoms with Gasteiger partial charge < -0.3 is 14.4 Å². The van der Waals surface area contributed by atoms with Crippen molar-refractivity contribution >= 4 is 17.1 Å². The van der Waals surface area contributed by atoms with Gasteiger partial charge in [0.15, 0.2) is 0 Å². The van der Waals surface area contributed by atoms with E-state index >= 15 is 0 Å². The number of ether oxygens (including phenoxy) is 2. The predicted octanol–water partition coefficient (Wildman–Crippen LogP) is 18.1. The average Bonchev–Trinajstić information content (AvgIpc) is 4.00. The Bertz CT molecular complexity index is 4110. The van der Waals surface area contributed by atoms with Gasteiger partial charge in [0.25, 0.3) is 0 Å². The van der Waals surface area contributed by atoms with Gasteiger partial charge in [0.1, 0.15) is 23.0 Å². The van der Waals surface area contributed by atoms with E-state index in [1.165, 1.54) is 83.5 Å². The number of nitrogens with zero attached hydrogens (tertiary/aromatic N) is 1. The lowest BCUT2D eigenvalue weighted by Gasteiger charge is -2.39. The van der Waals surface area contributed by atoms with Crippen LogP contribution in [-0.4, -0.2) is 0 Å². The van der Waals surface area contributed by atoms with Crippen molar-refractivity contribution in [3.63, 3.8) is 0 Å². The van der Waals surface area contributed by atoms with E-state index in [4.69, 9.17) is 9.47 Å². The number of fused-ring (bicyclic) bond motifs is 21. The molecule has 0 unspecified atom stereocenters. The molecule has 0 N–H and O–H groups in total. The fourth-order valence-electron chi connectivity index (χ4n) is 14.1. The molecule has 348 valence electrons. The number of para-hydroxylation sites is 4. The van der Waals surface area contributed by atoms with Crippen LogP contribution in [0.2, 0.25) is 0 Å². The molecule has 0 radical (unpaired) electrons. The number of hydrogen-bond acceptors (Lipinski definition) is 3. The third-order valence-electron chi connectivity index (χ3n) is 17.2. The first kappa shape index (κ1) is 41.4. The van der Waals surface area contributed by atoms with Crippen molar-refractivity contribution < 1.29 is 9.47 Å². The zero-order chi connectivity index (χ0) is 48.9. The largest absolute Gasteiger partial charge is 0.457 e. The minimum Gasteiger partial charge on any atom is -0.457 e. The van der Waals surface area contributed by atoms with Gasteiger partial charge in [0.05, 0.1) is 10.8 Å². The summed E-state index contributed by atoms with van der Waals surface area (Å²) in [5.74, 6) is 3.57. The second-order valence-electron chi connectivity index (χ2n) is 21.1. The molecule has 0 fully saturated rings. The summed E-state index contributed by atoms with van der Waals surface area (Å²) in [5.41, 5.74) is 24.3. The lowest BCUT2D eigenvalue weighted by atomic mass is 9.66. The standard InChI is InChI=1S/C71H47NO2/c1-69(2)55-20-6-3-17-49(55)52-39-36-47(42-62(52)69)72(48-37-40-54-51-19-5-8-22-57(51)71(64(54)43-48)60-25-11-15-29-67(60)74-68-30-16-12-26-61(68)71)46-34-31-44(32-35-46)45-33-38-53-50-18-4-7-21-56(50)70(63(53)41-45)58-23-9-13-27-65(58)73-66-28-14-10-24-59(66)70/h3-43H,1-2H3. The minimum atomic E-state index is -0.597. The molecule has 3 aliphatic carbocycles. The Balaban J connectivity index is 0.886. The van der Waals surface area contributed by atoms with Crippen molar-refractivity contribution in [2.75, 3.05) is 4.90 Å². The molecule has 2 spiro atoms. The summed E-state index contributed by atoms with van der Waals surface area (Å²) in [6.45, 7) is 4.74. The van der Waals surface area contributed by atoms with E-state index in [0.29, 0.717) is 0 Å². The van der Waals surface area contributed by atoms with Crippen molar-refractivity contribution in [3.05, 3.63) is 304 Å². The van der Waals surface area contributed by atoms with Crippen LogP contribution in [0.5, 0.6) is 23.0 Å². The van der Waals surface area contributed by atoms with Crippen LogP contribution in [0.1, 0.15) is 69.5 Å². The molecule has 3 nitrogen and oxygen atoms in total. The molecule has 3 heteroatoms. The van der Waals surface area contributed by atoms with Crippen LogP contribution in [0, 0.1) is 0 Å². The Morgan fingerprint density at radius 3 is 1.07 bits per heavy atom. The molecule has 0 atom stereocenters. The van der Waals surface area contributed by atoms with E-state index in [-0.39, 0.29) is 5.41 Å². The Labute approximate surface area is 431 Å². The smallest absolute Gasteiger partial charge is 0.132 e. The highest BCUT2D eigenvalue weighted by Gasteiger charge is 2.53. The molecular formula is C71H47NO2. The highest BCUT2D eigenvalue weighted by molar-refractivity contribution is 5.94. The maximum absolute atomic E-state index is 6.74. The summed E-state index contributed by atoms with van der Waals surface area (Å²) < 4.78 is 13.4. The number of anilines is 3. The quantitative estimate of drug-likeness (QED) is 0.175. The van der Waals surface area contributed by atoms with Gasteiger partial charge in [-0.25, -0.2) is 0 Å². The Kier molecular flexibility index (Phi) is 8.37. The van der Waals surface area contributed by atoms with Gasteiger partial charge in [-0.05, 0) is 145 Å². The molecule has 0 amide bonds. The maximum atomic E-state index is 6.74. The molecule has 74 heavy (non-hydrogen) atoms. The number of hydrogen-bond donors (Lipinski definition) is 0. The molecule has 0 aromatic heterocycles. The van der Waals surface area contributed by atoms with E-state index in [2.05, 4.69) is 267 Å². The summed E-state index contributed by atoms with van der Waals surface area (Å²) in [6, 6.07) is 91.9. The molecule has 5 aliphatic rings. The van der Waals surface area contributed by atoms with Crippen LogP contribution in [0.4, 0.5) is 17.1 Å². The number of benzene rings is 11. The predicted molar refractivity (Wildman–Crippen MR) is 299 cm³/mol. The molecular weight excluding hydrogens is 899 g/mol. The van der Waals surface area contributed by atoms with Crippen molar-refractivity contribution in [3.8, 4) is 67.5 Å². The zero-order valence-corrected chi connectivity index (χ0v) is 40.9. The molecule has 0 saturated carbocycles. The SMILES string of the molecule is CC1(C)c2ccccc2-c2ccc(N(c3ccc(-c4ccc5c(c4)C4(c6ccccc6Oc6ccccc64)c4ccccc4-5)cc3)c3ccc4c(c3)C3(c5ccccc5Oc5ccccc53)c3ccccc3-4)cc21. The second-order valence-corrected chi connectivity index (χ2v) is 21.1. The van der Waals surface area contributed by atoms with Gasteiger partial charge in [-0.15, -0.1) is 0 Å². The molecule has 2 heterocycles. The van der Waals surface area contributed by atoms with Gasteiger partial charge in [0, 0.05) is 44.7 Å². The molecule has 11 aromatic rings. The molecule has 2 aliphatic heterocycles. The highest BCUT2D eigenvalue weighted by Crippen LogP contribution is 2.65. The molecule has 0 bridgehead atoms. The molecule has 16 rings (SSSR count). The first-order chi connectivity index (χ1) is 36.4. The summed E-state index contributed by atoms with van der Waals surface area (Å²) in [6.07, 6.45) is 0. The van der Waals surface area contributed by atoms with Crippen molar-refractivity contribution in [1.82, 2.24) is 0 Å². The third-order valence-corrected chi connectivity index (χ3v) is 17.2. The monoisotopic (exact) mass is 945 g/mol. The van der Waals surface area contributed by atoms with E-state index in [1.54, 1.807) is 0 Å². The Morgan fingerprint density at radius 2 is 0.581 bits per heavy atom. The first-order valence-corrected chi connectivity index (χ1v) is 25.8. The molecule has 11 aromatic carbocycles. The normalized spacial score (nSPS) is 15.2. The lowest BCUT2D eigenvalue weighted by Crippen LogP contribution is -2.32. The Hall–Kier alpha value is -9.18. The van der Waals surface area contributed by atoms with Crippen molar-refractivity contribution in [1.29, 1.82) is 0 Å². The van der Waals surface area contributed by atoms with Crippen LogP contribution < -0.4 is 14.4 Å². The summed E-state index contributed by atoms with van der Waals surface area (Å²) in [7, 11) is 0. The van der Waals surface area contributed by atoms with Crippen LogP contribution in [-0.2, 0) is 16.2 Å². The zero-order valence-electron chi connectivity index (χ0n) is 40.9. The van der Waals surface area contributed by atoms with E-state index in [1.807, 2.05) is 0 Å². The summed E-state index contributed by atoms with van der Waals surface area (Å²) >= 11 is 0. The topological polar surface area (TPSA) is 21.7 Å². The first-order valence-electron chi connectivity index (χ1n) is 25.8. The maximum Gasteiger partial charge on any atom is 0.132 e. The van der Waals surface area contributed by atoms with Crippen molar-refractivity contribution in [2.24, 2.45) is 0 Å². The molecule has 0 saturated heterocycles. The van der Waals surface area contributed by atoms with Gasteiger partial charge in [0.2, 0.25) is 0 Å². The summed E-state index contributed by atoms with van der Waals surface area (Å²) in [4.78, 5) is 2.47. The van der Waals surface area contributed by atoms with Gasteiger partial charge in [-0.2, -0.15) is 0 Å². The minimum absolute atomic E-state index is 0.174. The van der Waals surface area contributed by atoms with Crippen LogP contribution in [0.3, 0.4) is 0 Å². The van der Waals surface area contributed by atoms with Crippen LogP contribution >= 0.6 is 0 Å². The van der Waals surface area contributed by atoms with Crippen molar-refractivity contribution in [2.45, 2.75) is 30.1 Å². The van der Waals surface area contributed by atoms with E-state index in [9.17, 15) is 0 Å². The van der Waals surface area contributed by atoms with E-state index in [0.717, 1.165) is 56.8 Å². The van der Waals surface area contributed by atoms with E-state index < -0.39 is 10.8 Å². The van der Waals surface area contributed by atoms with Crippen LogP contribution in [0.25, 0.3) is 44.5 Å². The fraction of sp³-hybridized carbons (Fsp3) is 0.0704. The van der Waals surface area contributed by atoms with Gasteiger partial charge in [-0.3, -0.25) is 0 Å². The Morgan fingerprint density at radius 1 is 0.257 bits per heavy atom. The average molecular weight is 946 g/mol.